The first-order chi connectivity index (χ1) is 8.66. The molecule has 2 N–H and O–H groups in total. The van der Waals surface area contributed by atoms with Gasteiger partial charge in [0.05, 0.1) is 0 Å². The van der Waals surface area contributed by atoms with E-state index in [4.69, 9.17) is 16.7 Å². The Morgan fingerprint density at radius 1 is 1.56 bits per heavy atom. The molecule has 0 aliphatic carbocycles. The molecule has 0 amide bonds. The van der Waals surface area contributed by atoms with Crippen LogP contribution in [0.25, 0.3) is 0 Å². The lowest BCUT2D eigenvalue weighted by atomic mass is 10.0. The third-order valence-corrected chi connectivity index (χ3v) is 3.44. The number of benzene rings is 1. The summed E-state index contributed by atoms with van der Waals surface area (Å²) < 4.78 is 0. The minimum Gasteiger partial charge on any atom is -0.478 e. The normalized spacial score (nSPS) is 19.5. The number of carbonyl (C=O) groups is 1. The summed E-state index contributed by atoms with van der Waals surface area (Å²) >= 11 is 6.27. The molecule has 1 aromatic rings. The van der Waals surface area contributed by atoms with Crippen molar-refractivity contribution in [2.24, 2.45) is 0 Å². The molecule has 0 unspecified atom stereocenters. The summed E-state index contributed by atoms with van der Waals surface area (Å²) in [6, 6.07) is 6.33. The summed E-state index contributed by atoms with van der Waals surface area (Å²) in [4.78, 5) is 10.4. The van der Waals surface area contributed by atoms with Gasteiger partial charge in [-0.25, -0.2) is 4.79 Å². The standard InChI is InChI=1S/C14H16ClNO2/c15-12-9-10(3-1-5-14(17)18)6-7-11(12)13-4-2-8-16-13/h1,5-7,9,13,16H,2-4,8H2,(H,17,18)/b5-1+/t13-/m0/s1. The first kappa shape index (κ1) is 13.1. The maximum Gasteiger partial charge on any atom is 0.327 e. The fourth-order valence-corrected chi connectivity index (χ4v) is 2.56. The summed E-state index contributed by atoms with van der Waals surface area (Å²) in [6.45, 7) is 1.05. The van der Waals surface area contributed by atoms with Gasteiger partial charge in [-0.3, -0.25) is 0 Å². The number of carboxylic acid groups (broad SMARTS) is 1. The van der Waals surface area contributed by atoms with Gasteiger partial charge >= 0.3 is 5.97 Å². The van der Waals surface area contributed by atoms with Crippen molar-refractivity contribution < 1.29 is 9.90 Å². The first-order valence-electron chi connectivity index (χ1n) is 6.08. The summed E-state index contributed by atoms with van der Waals surface area (Å²) in [5, 5.41) is 12.7. The second-order valence-electron chi connectivity index (χ2n) is 4.45. The lowest BCUT2D eigenvalue weighted by Gasteiger charge is -2.13. The molecular weight excluding hydrogens is 250 g/mol. The van der Waals surface area contributed by atoms with E-state index in [-0.39, 0.29) is 0 Å². The highest BCUT2D eigenvalue weighted by molar-refractivity contribution is 6.31. The number of hydrogen-bond donors (Lipinski definition) is 2. The Morgan fingerprint density at radius 2 is 2.39 bits per heavy atom. The Labute approximate surface area is 111 Å². The van der Waals surface area contributed by atoms with Crippen LogP contribution in [0.4, 0.5) is 0 Å². The Balaban J connectivity index is 2.07. The van der Waals surface area contributed by atoms with Gasteiger partial charge in [0.2, 0.25) is 0 Å². The minimum atomic E-state index is -0.923. The molecule has 1 aromatic carbocycles. The van der Waals surface area contributed by atoms with E-state index in [0.717, 1.165) is 35.2 Å². The molecule has 1 aliphatic heterocycles. The van der Waals surface area contributed by atoms with Gasteiger partial charge in [-0.2, -0.15) is 0 Å². The molecule has 0 bridgehead atoms. The van der Waals surface area contributed by atoms with E-state index in [1.54, 1.807) is 6.08 Å². The molecule has 1 atom stereocenters. The zero-order valence-electron chi connectivity index (χ0n) is 10.0. The number of aliphatic carboxylic acids is 1. The van der Waals surface area contributed by atoms with Crippen molar-refractivity contribution in [2.45, 2.75) is 25.3 Å². The highest BCUT2D eigenvalue weighted by Gasteiger charge is 2.18. The highest BCUT2D eigenvalue weighted by atomic mass is 35.5. The van der Waals surface area contributed by atoms with Crippen LogP contribution in [0.3, 0.4) is 0 Å². The van der Waals surface area contributed by atoms with Gasteiger partial charge in [0, 0.05) is 17.1 Å². The molecule has 0 radical (unpaired) electrons. The van der Waals surface area contributed by atoms with Gasteiger partial charge in [0.15, 0.2) is 0 Å². The average molecular weight is 266 g/mol. The molecular formula is C14H16ClNO2. The SMILES string of the molecule is O=C(O)/C=C/Cc1ccc([C@@H]2CCCN2)c(Cl)c1. The van der Waals surface area contributed by atoms with Crippen molar-refractivity contribution in [3.8, 4) is 0 Å². The van der Waals surface area contributed by atoms with Gasteiger partial charge in [0.1, 0.15) is 0 Å². The number of allylic oxidation sites excluding steroid dienone is 1. The van der Waals surface area contributed by atoms with Crippen molar-refractivity contribution >= 4 is 17.6 Å². The van der Waals surface area contributed by atoms with Gasteiger partial charge in [-0.1, -0.05) is 29.8 Å². The minimum absolute atomic E-state index is 0.362. The Morgan fingerprint density at radius 3 is 3.00 bits per heavy atom. The highest BCUT2D eigenvalue weighted by Crippen LogP contribution is 2.29. The zero-order valence-corrected chi connectivity index (χ0v) is 10.8. The molecule has 0 spiro atoms. The lowest BCUT2D eigenvalue weighted by molar-refractivity contribution is -0.131. The van der Waals surface area contributed by atoms with Gasteiger partial charge in [-0.05, 0) is 43.0 Å². The van der Waals surface area contributed by atoms with E-state index in [9.17, 15) is 4.79 Å². The second kappa shape index (κ2) is 6.03. The van der Waals surface area contributed by atoms with Crippen LogP contribution in [-0.4, -0.2) is 17.6 Å². The molecule has 0 saturated carbocycles. The van der Waals surface area contributed by atoms with Crippen LogP contribution in [0.1, 0.15) is 30.0 Å². The van der Waals surface area contributed by atoms with E-state index >= 15 is 0 Å². The summed E-state index contributed by atoms with van der Waals surface area (Å²) in [5.41, 5.74) is 2.17. The van der Waals surface area contributed by atoms with E-state index in [1.165, 1.54) is 6.42 Å². The molecule has 1 heterocycles. The first-order valence-corrected chi connectivity index (χ1v) is 6.46. The summed E-state index contributed by atoms with van der Waals surface area (Å²) in [5.74, 6) is -0.923. The number of halogens is 1. The molecule has 1 saturated heterocycles. The molecule has 18 heavy (non-hydrogen) atoms. The Bertz CT molecular complexity index is 465. The average Bonchev–Trinajstić information content (AvgIpc) is 2.82. The van der Waals surface area contributed by atoms with Crippen LogP contribution in [-0.2, 0) is 11.2 Å². The smallest absolute Gasteiger partial charge is 0.327 e. The third kappa shape index (κ3) is 3.34. The van der Waals surface area contributed by atoms with Crippen molar-refractivity contribution in [1.82, 2.24) is 5.32 Å². The van der Waals surface area contributed by atoms with Crippen LogP contribution in [0.15, 0.2) is 30.4 Å². The predicted octanol–water partition coefficient (Wildman–Crippen LogP) is 2.95. The second-order valence-corrected chi connectivity index (χ2v) is 4.86. The maximum atomic E-state index is 10.4. The number of hydrogen-bond acceptors (Lipinski definition) is 2. The van der Waals surface area contributed by atoms with Gasteiger partial charge in [-0.15, -0.1) is 0 Å². The fraction of sp³-hybridized carbons (Fsp3) is 0.357. The Hall–Kier alpha value is -1.32. The van der Waals surface area contributed by atoms with E-state index in [2.05, 4.69) is 5.32 Å². The monoisotopic (exact) mass is 265 g/mol. The summed E-state index contributed by atoms with van der Waals surface area (Å²) in [7, 11) is 0. The largest absolute Gasteiger partial charge is 0.478 e. The van der Waals surface area contributed by atoms with Crippen LogP contribution in [0.5, 0.6) is 0 Å². The van der Waals surface area contributed by atoms with Gasteiger partial charge < -0.3 is 10.4 Å². The van der Waals surface area contributed by atoms with Crippen molar-refractivity contribution in [2.75, 3.05) is 6.54 Å². The molecule has 3 nitrogen and oxygen atoms in total. The quantitative estimate of drug-likeness (QED) is 0.823. The van der Waals surface area contributed by atoms with Crippen LogP contribution in [0, 0.1) is 0 Å². The Kier molecular flexibility index (Phi) is 4.39. The number of nitrogens with one attached hydrogen (secondary N) is 1. The van der Waals surface area contributed by atoms with E-state index in [1.807, 2.05) is 18.2 Å². The van der Waals surface area contributed by atoms with Crippen LogP contribution < -0.4 is 5.32 Å². The molecule has 96 valence electrons. The molecule has 2 rings (SSSR count). The third-order valence-electron chi connectivity index (χ3n) is 3.11. The topological polar surface area (TPSA) is 49.3 Å². The van der Waals surface area contributed by atoms with Crippen molar-refractivity contribution in [3.05, 3.63) is 46.5 Å². The van der Waals surface area contributed by atoms with Crippen molar-refractivity contribution in [1.29, 1.82) is 0 Å². The number of carboxylic acids is 1. The molecule has 0 aromatic heterocycles. The van der Waals surface area contributed by atoms with Crippen molar-refractivity contribution in [3.63, 3.8) is 0 Å². The predicted molar refractivity (Wildman–Crippen MR) is 71.9 cm³/mol. The summed E-state index contributed by atoms with van der Waals surface area (Å²) in [6.07, 6.45) is 5.67. The molecule has 1 aliphatic rings. The number of rotatable bonds is 4. The van der Waals surface area contributed by atoms with E-state index < -0.39 is 5.97 Å². The molecule has 4 heteroatoms. The van der Waals surface area contributed by atoms with Crippen LogP contribution in [0.2, 0.25) is 5.02 Å². The lowest BCUT2D eigenvalue weighted by Crippen LogP contribution is -2.13. The fourth-order valence-electron chi connectivity index (χ4n) is 2.23. The van der Waals surface area contributed by atoms with Gasteiger partial charge in [0.25, 0.3) is 0 Å². The zero-order chi connectivity index (χ0) is 13.0. The maximum absolute atomic E-state index is 10.4. The van der Waals surface area contributed by atoms with Crippen LogP contribution >= 0.6 is 11.6 Å². The van der Waals surface area contributed by atoms with E-state index in [0.29, 0.717) is 12.5 Å². The molecule has 1 fully saturated rings.